The Hall–Kier alpha value is -2.07. The van der Waals surface area contributed by atoms with Gasteiger partial charge in [-0.15, -0.1) is 0 Å². The molecule has 1 amide bonds. The van der Waals surface area contributed by atoms with E-state index in [4.69, 9.17) is 11.6 Å². The van der Waals surface area contributed by atoms with Gasteiger partial charge in [0.2, 0.25) is 0 Å². The van der Waals surface area contributed by atoms with Gasteiger partial charge in [-0.05, 0) is 55.2 Å². The van der Waals surface area contributed by atoms with Gasteiger partial charge in [-0.25, -0.2) is 4.98 Å². The predicted molar refractivity (Wildman–Crippen MR) is 96.3 cm³/mol. The first-order valence-corrected chi connectivity index (χ1v) is 8.11. The van der Waals surface area contributed by atoms with Gasteiger partial charge >= 0.3 is 0 Å². The van der Waals surface area contributed by atoms with Gasteiger partial charge < -0.3 is 10.6 Å². The summed E-state index contributed by atoms with van der Waals surface area (Å²) < 4.78 is 0. The maximum absolute atomic E-state index is 12.2. The van der Waals surface area contributed by atoms with Gasteiger partial charge in [0.15, 0.2) is 0 Å². The van der Waals surface area contributed by atoms with Crippen molar-refractivity contribution in [3.05, 3.63) is 52.8 Å². The maximum atomic E-state index is 12.2. The Labute approximate surface area is 142 Å². The number of aromatic nitrogens is 1. The highest BCUT2D eigenvalue weighted by Gasteiger charge is 2.09. The molecule has 0 aliphatic heterocycles. The summed E-state index contributed by atoms with van der Waals surface area (Å²) in [5.74, 6) is 0.423. The molecule has 5 heteroatoms. The highest BCUT2D eigenvalue weighted by Crippen LogP contribution is 2.20. The zero-order valence-electron chi connectivity index (χ0n) is 13.7. The van der Waals surface area contributed by atoms with Crippen LogP contribution in [0.25, 0.3) is 0 Å². The van der Waals surface area contributed by atoms with Crippen LogP contribution in [0.2, 0.25) is 5.02 Å². The largest absolute Gasteiger partial charge is 0.384 e. The van der Waals surface area contributed by atoms with E-state index in [1.807, 2.05) is 19.1 Å². The van der Waals surface area contributed by atoms with Crippen LogP contribution in [0.15, 0.2) is 36.5 Å². The standard InChI is InChI=1S/C18H22ClN3O/c1-12(2)8-9-20-15-5-7-17(21-11-15)18(23)22-16-6-4-14(19)10-13(16)3/h4-7,10-12,20H,8-9H2,1-3H3,(H,22,23). The fraction of sp³-hybridized carbons (Fsp3) is 0.333. The number of rotatable bonds is 6. The van der Waals surface area contributed by atoms with Gasteiger partial charge in [0.25, 0.3) is 5.91 Å². The Morgan fingerprint density at radius 2 is 2.04 bits per heavy atom. The average molecular weight is 332 g/mol. The zero-order valence-corrected chi connectivity index (χ0v) is 14.4. The Balaban J connectivity index is 1.97. The second kappa shape index (κ2) is 7.97. The number of halogens is 1. The van der Waals surface area contributed by atoms with Crippen molar-refractivity contribution in [2.45, 2.75) is 27.2 Å². The summed E-state index contributed by atoms with van der Waals surface area (Å²) in [7, 11) is 0. The quantitative estimate of drug-likeness (QED) is 0.802. The minimum atomic E-state index is -0.232. The van der Waals surface area contributed by atoms with Crippen molar-refractivity contribution in [2.75, 3.05) is 17.2 Å². The molecule has 0 bridgehead atoms. The molecule has 2 rings (SSSR count). The number of nitrogens with zero attached hydrogens (tertiary/aromatic N) is 1. The minimum Gasteiger partial charge on any atom is -0.384 e. The molecule has 0 atom stereocenters. The van der Waals surface area contributed by atoms with Crippen LogP contribution in [0.1, 0.15) is 36.3 Å². The molecule has 2 aromatic rings. The number of carbonyl (C=O) groups is 1. The molecule has 122 valence electrons. The summed E-state index contributed by atoms with van der Waals surface area (Å²) in [6, 6.07) is 8.94. The first kappa shape index (κ1) is 17.3. The van der Waals surface area contributed by atoms with Gasteiger partial charge in [0.05, 0.1) is 11.9 Å². The molecule has 0 saturated heterocycles. The summed E-state index contributed by atoms with van der Waals surface area (Å²) in [5.41, 5.74) is 2.96. The zero-order chi connectivity index (χ0) is 16.8. The van der Waals surface area contributed by atoms with Gasteiger partial charge in [0, 0.05) is 17.3 Å². The fourth-order valence-corrected chi connectivity index (χ4v) is 2.32. The molecule has 0 radical (unpaired) electrons. The molecule has 1 heterocycles. The van der Waals surface area contributed by atoms with E-state index in [1.54, 1.807) is 24.4 Å². The number of nitrogens with one attached hydrogen (secondary N) is 2. The third-order valence-corrected chi connectivity index (χ3v) is 3.72. The molecule has 0 aliphatic carbocycles. The summed E-state index contributed by atoms with van der Waals surface area (Å²) >= 11 is 5.92. The average Bonchev–Trinajstić information content (AvgIpc) is 2.50. The minimum absolute atomic E-state index is 0.232. The SMILES string of the molecule is Cc1cc(Cl)ccc1NC(=O)c1ccc(NCCC(C)C)cn1. The second-order valence-corrected chi connectivity index (χ2v) is 6.39. The molecule has 1 aromatic heterocycles. The Bertz CT molecular complexity index is 668. The molecular formula is C18H22ClN3O. The van der Waals surface area contributed by atoms with Crippen LogP contribution in [0.5, 0.6) is 0 Å². The van der Waals surface area contributed by atoms with E-state index in [-0.39, 0.29) is 5.91 Å². The first-order valence-electron chi connectivity index (χ1n) is 7.73. The first-order chi connectivity index (χ1) is 11.0. The lowest BCUT2D eigenvalue weighted by atomic mass is 10.1. The van der Waals surface area contributed by atoms with Crippen LogP contribution in [-0.4, -0.2) is 17.4 Å². The molecule has 1 aromatic carbocycles. The van der Waals surface area contributed by atoms with Gasteiger partial charge in [-0.1, -0.05) is 25.4 Å². The number of pyridine rings is 1. The number of anilines is 2. The van der Waals surface area contributed by atoms with Crippen LogP contribution in [0.3, 0.4) is 0 Å². The van der Waals surface area contributed by atoms with E-state index >= 15 is 0 Å². The number of benzene rings is 1. The molecule has 0 aliphatic rings. The number of amides is 1. The van der Waals surface area contributed by atoms with Crippen LogP contribution in [0.4, 0.5) is 11.4 Å². The number of hydrogen-bond donors (Lipinski definition) is 2. The van der Waals surface area contributed by atoms with Crippen LogP contribution >= 0.6 is 11.6 Å². The van der Waals surface area contributed by atoms with Crippen LogP contribution in [0, 0.1) is 12.8 Å². The van der Waals surface area contributed by atoms with Gasteiger partial charge in [-0.3, -0.25) is 4.79 Å². The van der Waals surface area contributed by atoms with Crippen LogP contribution in [-0.2, 0) is 0 Å². The van der Waals surface area contributed by atoms with Crippen molar-refractivity contribution in [3.63, 3.8) is 0 Å². The predicted octanol–water partition coefficient (Wildman–Crippen LogP) is 4.75. The molecule has 0 unspecified atom stereocenters. The lowest BCUT2D eigenvalue weighted by molar-refractivity contribution is 0.102. The summed E-state index contributed by atoms with van der Waals surface area (Å²) in [6.07, 6.45) is 2.78. The second-order valence-electron chi connectivity index (χ2n) is 5.95. The van der Waals surface area contributed by atoms with Crippen molar-refractivity contribution in [2.24, 2.45) is 5.92 Å². The van der Waals surface area contributed by atoms with E-state index in [1.165, 1.54) is 0 Å². The number of hydrogen-bond acceptors (Lipinski definition) is 3. The Kier molecular flexibility index (Phi) is 5.99. The smallest absolute Gasteiger partial charge is 0.274 e. The molecule has 0 saturated carbocycles. The Morgan fingerprint density at radius 1 is 1.26 bits per heavy atom. The number of aryl methyl sites for hydroxylation is 1. The summed E-state index contributed by atoms with van der Waals surface area (Å²) in [5, 5.41) is 6.80. The lowest BCUT2D eigenvalue weighted by Gasteiger charge is -2.10. The van der Waals surface area contributed by atoms with E-state index in [0.29, 0.717) is 16.6 Å². The van der Waals surface area contributed by atoms with E-state index in [9.17, 15) is 4.79 Å². The van der Waals surface area contributed by atoms with Crippen molar-refractivity contribution < 1.29 is 4.79 Å². The highest BCUT2D eigenvalue weighted by molar-refractivity contribution is 6.30. The third kappa shape index (κ3) is 5.25. The number of carbonyl (C=O) groups excluding carboxylic acids is 1. The lowest BCUT2D eigenvalue weighted by Crippen LogP contribution is -2.14. The highest BCUT2D eigenvalue weighted by atomic mass is 35.5. The molecule has 0 spiro atoms. The topological polar surface area (TPSA) is 54.0 Å². The summed E-state index contributed by atoms with van der Waals surface area (Å²) in [4.78, 5) is 16.5. The monoisotopic (exact) mass is 331 g/mol. The maximum Gasteiger partial charge on any atom is 0.274 e. The van der Waals surface area contributed by atoms with Gasteiger partial charge in [0.1, 0.15) is 5.69 Å². The normalized spacial score (nSPS) is 10.7. The Morgan fingerprint density at radius 3 is 2.65 bits per heavy atom. The molecule has 4 nitrogen and oxygen atoms in total. The van der Waals surface area contributed by atoms with E-state index in [0.717, 1.165) is 29.9 Å². The third-order valence-electron chi connectivity index (χ3n) is 3.48. The van der Waals surface area contributed by atoms with Crippen molar-refractivity contribution >= 4 is 28.9 Å². The fourth-order valence-electron chi connectivity index (χ4n) is 2.09. The van der Waals surface area contributed by atoms with Crippen molar-refractivity contribution in [1.29, 1.82) is 0 Å². The van der Waals surface area contributed by atoms with E-state index in [2.05, 4.69) is 29.5 Å². The van der Waals surface area contributed by atoms with Gasteiger partial charge in [-0.2, -0.15) is 0 Å². The van der Waals surface area contributed by atoms with Crippen molar-refractivity contribution in [1.82, 2.24) is 4.98 Å². The molecule has 23 heavy (non-hydrogen) atoms. The molecule has 2 N–H and O–H groups in total. The summed E-state index contributed by atoms with van der Waals surface area (Å²) in [6.45, 7) is 7.17. The molecule has 0 fully saturated rings. The molecular weight excluding hydrogens is 310 g/mol. The van der Waals surface area contributed by atoms with Crippen molar-refractivity contribution in [3.8, 4) is 0 Å². The van der Waals surface area contributed by atoms with Crippen LogP contribution < -0.4 is 10.6 Å². The van der Waals surface area contributed by atoms with E-state index < -0.39 is 0 Å².